The van der Waals surface area contributed by atoms with E-state index in [2.05, 4.69) is 0 Å². The Morgan fingerprint density at radius 1 is 2.00 bits per heavy atom. The van der Waals surface area contributed by atoms with Gasteiger partial charge in [-0.1, -0.05) is 0 Å². The van der Waals surface area contributed by atoms with Crippen molar-refractivity contribution in [3.63, 3.8) is 0 Å². The molecule has 1 N–H and O–H groups in total. The quantitative estimate of drug-likeness (QED) is 0.505. The molecule has 1 atom stereocenters. The Hall–Kier alpha value is -0.274. The zero-order valence-electron chi connectivity index (χ0n) is 6.59. The predicted molar refractivity (Wildman–Crippen MR) is 30.4 cm³/mol. The van der Waals surface area contributed by atoms with Crippen molar-refractivity contribution in [3.05, 3.63) is 0 Å². The van der Waals surface area contributed by atoms with E-state index in [1.54, 1.807) is 6.07 Å². The van der Waals surface area contributed by atoms with E-state index >= 15 is 0 Å². The van der Waals surface area contributed by atoms with Crippen LogP contribution < -0.4 is 0 Å². The molecule has 0 saturated carbocycles. The number of hydrogen-bond donors (Lipinski definition) is 1. The van der Waals surface area contributed by atoms with E-state index in [0.29, 0.717) is 0 Å². The van der Waals surface area contributed by atoms with E-state index in [4.69, 9.17) is 10.4 Å². The molecule has 3 nitrogen and oxygen atoms in total. The summed E-state index contributed by atoms with van der Waals surface area (Å²) in [6.07, 6.45) is 0. The first kappa shape index (κ1) is 10.7. The van der Waals surface area contributed by atoms with Gasteiger partial charge in [0.25, 0.3) is 0 Å². The summed E-state index contributed by atoms with van der Waals surface area (Å²) in [6.45, 7) is 1.34. The molecule has 0 heterocycles. The van der Waals surface area contributed by atoms with Crippen LogP contribution in [0.1, 0.15) is 9.78 Å². The largest absolute Gasteiger partial charge is 2.00 e. The normalized spacial score (nSPS) is 10.5. The minimum absolute atomic E-state index is 0. The van der Waals surface area contributed by atoms with Gasteiger partial charge >= 0.3 is 29.0 Å². The smallest absolute Gasteiger partial charge is 1.00 e. The fourth-order valence-corrected chi connectivity index (χ4v) is 0.0552. The molecule has 0 spiro atoms. The van der Waals surface area contributed by atoms with Gasteiger partial charge in [0.05, 0.1) is 6.07 Å². The minimum Gasteiger partial charge on any atom is -1.00 e. The Morgan fingerprint density at radius 2 is 2.38 bits per heavy atom. The molecule has 4 heteroatoms. The van der Waals surface area contributed by atoms with Gasteiger partial charge in [-0.05, 0) is 6.92 Å². The maximum atomic E-state index is 9.71. The fourth-order valence-electron chi connectivity index (χ4n) is 0.0552. The summed E-state index contributed by atoms with van der Waals surface area (Å²) < 4.78 is 0. The first-order chi connectivity index (χ1) is 3.18. The molecule has 0 amide bonds. The molecule has 0 aliphatic rings. The Labute approximate surface area is 66.4 Å². The molecule has 0 aliphatic carbocycles. The van der Waals surface area contributed by atoms with Crippen LogP contribution in [0.3, 0.4) is 0 Å². The van der Waals surface area contributed by atoms with Gasteiger partial charge in [0.1, 0.15) is 5.92 Å². The van der Waals surface area contributed by atoms with Gasteiger partial charge in [0.15, 0.2) is 0 Å². The Morgan fingerprint density at radius 3 is 2.38 bits per heavy atom. The zero-order valence-corrected chi connectivity index (χ0v) is 6.00. The number of hydrogen-bond acceptors (Lipinski definition) is 2. The van der Waals surface area contributed by atoms with E-state index in [-0.39, 0.29) is 25.9 Å². The first-order valence-electron chi connectivity index (χ1n) is 1.81. The second kappa shape index (κ2) is 4.87. The maximum absolute atomic E-state index is 9.71. The van der Waals surface area contributed by atoms with E-state index in [0.717, 1.165) is 0 Å². The number of aliphatic carboxylic acids is 1. The number of carboxylic acid groups (broad SMARTS) is 1. The number of nitriles is 1. The van der Waals surface area contributed by atoms with Crippen molar-refractivity contribution in [2.75, 3.05) is 0 Å². The average molecular weight is 125 g/mol. The van der Waals surface area contributed by atoms with Crippen LogP contribution in [0.25, 0.3) is 0 Å². The molecular weight excluding hydrogens is 118 g/mol. The standard InChI is InChI=1S/C4H5NO2.Mg.2H/c1-3(2-5)4(6)7;;;/h3H,1H3,(H,6,7);;;/q;+2;2*-1. The molecule has 42 valence electrons. The van der Waals surface area contributed by atoms with Gasteiger partial charge < -0.3 is 7.96 Å². The van der Waals surface area contributed by atoms with Crippen LogP contribution in [0.4, 0.5) is 0 Å². The molecule has 0 aliphatic heterocycles. The predicted octanol–water partition coefficient (Wildman–Crippen LogP) is 0.0749. The van der Waals surface area contributed by atoms with Crippen molar-refractivity contribution < 1.29 is 12.8 Å². The monoisotopic (exact) mass is 125 g/mol. The van der Waals surface area contributed by atoms with Crippen LogP contribution in [-0.4, -0.2) is 34.1 Å². The average Bonchev–Trinajstić information content (AvgIpc) is 1.65. The number of nitrogens with zero attached hydrogens (tertiary/aromatic N) is 1. The maximum Gasteiger partial charge on any atom is 2.00 e. The Kier molecular flexibility index (Phi) is 6.50. The summed E-state index contributed by atoms with van der Waals surface area (Å²) >= 11 is 0. The SMILES string of the molecule is CC(C#N)C(=O)O.[H-].[H-].[Mg+2]. The molecule has 0 rings (SSSR count). The van der Waals surface area contributed by atoms with Gasteiger partial charge in [-0.2, -0.15) is 5.26 Å². The van der Waals surface area contributed by atoms with Crippen molar-refractivity contribution in [1.29, 1.82) is 5.26 Å². The van der Waals surface area contributed by atoms with Crippen molar-refractivity contribution in [1.82, 2.24) is 0 Å². The van der Waals surface area contributed by atoms with Gasteiger partial charge in [0, 0.05) is 0 Å². The van der Waals surface area contributed by atoms with Crippen molar-refractivity contribution in [2.24, 2.45) is 5.92 Å². The first-order valence-corrected chi connectivity index (χ1v) is 1.81. The molecule has 0 bridgehead atoms. The summed E-state index contributed by atoms with van der Waals surface area (Å²) in [5.41, 5.74) is 0. The third-order valence-corrected chi connectivity index (χ3v) is 0.564. The van der Waals surface area contributed by atoms with Crippen LogP contribution in [-0.2, 0) is 4.79 Å². The van der Waals surface area contributed by atoms with E-state index in [9.17, 15) is 4.79 Å². The fraction of sp³-hybridized carbons (Fsp3) is 0.500. The van der Waals surface area contributed by atoms with Crippen molar-refractivity contribution in [2.45, 2.75) is 6.92 Å². The van der Waals surface area contributed by atoms with Crippen LogP contribution in [0, 0.1) is 17.2 Å². The molecule has 0 saturated heterocycles. The van der Waals surface area contributed by atoms with E-state index in [1.807, 2.05) is 0 Å². The third kappa shape index (κ3) is 3.90. The van der Waals surface area contributed by atoms with E-state index in [1.165, 1.54) is 6.92 Å². The molecule has 0 aromatic carbocycles. The molecule has 1 unspecified atom stereocenters. The molecule has 0 radical (unpaired) electrons. The summed E-state index contributed by atoms with van der Waals surface area (Å²) in [5.74, 6) is -1.94. The number of carboxylic acids is 1. The molecular formula is C4H7MgNO2. The van der Waals surface area contributed by atoms with Crippen LogP contribution >= 0.6 is 0 Å². The van der Waals surface area contributed by atoms with Gasteiger partial charge in [0.2, 0.25) is 0 Å². The second-order valence-corrected chi connectivity index (χ2v) is 1.19. The van der Waals surface area contributed by atoms with E-state index < -0.39 is 11.9 Å². The summed E-state index contributed by atoms with van der Waals surface area (Å²) in [6, 6.07) is 1.56. The van der Waals surface area contributed by atoms with Gasteiger partial charge in [-0.3, -0.25) is 4.79 Å². The Bertz CT molecular complexity index is 125. The van der Waals surface area contributed by atoms with Crippen LogP contribution in [0.15, 0.2) is 0 Å². The Balaban J connectivity index is -0.0000000600. The zero-order chi connectivity index (χ0) is 5.86. The second-order valence-electron chi connectivity index (χ2n) is 1.19. The summed E-state index contributed by atoms with van der Waals surface area (Å²) in [4.78, 5) is 9.71. The van der Waals surface area contributed by atoms with Crippen LogP contribution in [0.5, 0.6) is 0 Å². The minimum atomic E-state index is -1.07. The summed E-state index contributed by atoms with van der Waals surface area (Å²) in [7, 11) is 0. The molecule has 8 heavy (non-hydrogen) atoms. The van der Waals surface area contributed by atoms with Gasteiger partial charge in [-0.15, -0.1) is 0 Å². The van der Waals surface area contributed by atoms with Crippen molar-refractivity contribution in [3.8, 4) is 6.07 Å². The third-order valence-electron chi connectivity index (χ3n) is 0.564. The molecule has 0 fully saturated rings. The number of carbonyl (C=O) groups is 1. The number of rotatable bonds is 1. The van der Waals surface area contributed by atoms with Gasteiger partial charge in [-0.25, -0.2) is 0 Å². The van der Waals surface area contributed by atoms with Crippen molar-refractivity contribution >= 4 is 29.0 Å². The topological polar surface area (TPSA) is 61.1 Å². The molecule has 0 aromatic heterocycles. The van der Waals surface area contributed by atoms with Crippen LogP contribution in [0.2, 0.25) is 0 Å². The summed E-state index contributed by atoms with van der Waals surface area (Å²) in [5, 5.41) is 15.8. The molecule has 0 aromatic rings.